The average Bonchev–Trinajstić information content (AvgIpc) is 2.41. The molecule has 0 N–H and O–H groups in total. The van der Waals surface area contributed by atoms with Crippen LogP contribution in [-0.2, 0) is 19.1 Å². The average molecular weight is 273 g/mol. The van der Waals surface area contributed by atoms with Crippen LogP contribution in [0.1, 0.15) is 39.5 Å². The van der Waals surface area contributed by atoms with Gasteiger partial charge in [0.05, 0.1) is 13.0 Å². The second-order valence-electron chi connectivity index (χ2n) is 4.76. The standard InChI is InChI=1S/C14H27NO4/c1-5-6-7-8-9-15(13(16)11-18-3)10-12(2)14(17)19-4/h12H,5-11H2,1-4H3. The van der Waals surface area contributed by atoms with E-state index in [1.54, 1.807) is 11.8 Å². The van der Waals surface area contributed by atoms with Crippen LogP contribution >= 0.6 is 0 Å². The molecule has 0 aromatic heterocycles. The van der Waals surface area contributed by atoms with E-state index in [-0.39, 0.29) is 24.4 Å². The van der Waals surface area contributed by atoms with Crippen molar-refractivity contribution in [3.8, 4) is 0 Å². The van der Waals surface area contributed by atoms with E-state index in [1.807, 2.05) is 0 Å². The number of carbonyl (C=O) groups excluding carboxylic acids is 2. The summed E-state index contributed by atoms with van der Waals surface area (Å²) >= 11 is 0. The number of carbonyl (C=O) groups is 2. The van der Waals surface area contributed by atoms with Crippen molar-refractivity contribution in [3.63, 3.8) is 0 Å². The normalized spacial score (nSPS) is 12.0. The Balaban J connectivity index is 4.32. The van der Waals surface area contributed by atoms with E-state index in [1.165, 1.54) is 20.6 Å². The van der Waals surface area contributed by atoms with Crippen molar-refractivity contribution in [1.29, 1.82) is 0 Å². The fourth-order valence-electron chi connectivity index (χ4n) is 1.87. The summed E-state index contributed by atoms with van der Waals surface area (Å²) in [5.41, 5.74) is 0. The van der Waals surface area contributed by atoms with E-state index in [0.717, 1.165) is 19.3 Å². The second kappa shape index (κ2) is 10.8. The molecule has 0 spiro atoms. The van der Waals surface area contributed by atoms with E-state index in [4.69, 9.17) is 4.74 Å². The first-order valence-electron chi connectivity index (χ1n) is 6.91. The van der Waals surface area contributed by atoms with Gasteiger partial charge in [-0.25, -0.2) is 0 Å². The quantitative estimate of drug-likeness (QED) is 0.450. The Labute approximate surface area is 116 Å². The maximum atomic E-state index is 11.9. The van der Waals surface area contributed by atoms with E-state index >= 15 is 0 Å². The Bertz CT molecular complexity index is 268. The minimum absolute atomic E-state index is 0.0572. The highest BCUT2D eigenvalue weighted by atomic mass is 16.5. The summed E-state index contributed by atoms with van der Waals surface area (Å²) in [6.45, 7) is 5.03. The lowest BCUT2D eigenvalue weighted by Crippen LogP contribution is -2.39. The third-order valence-corrected chi connectivity index (χ3v) is 3.00. The number of esters is 1. The predicted molar refractivity (Wildman–Crippen MR) is 73.8 cm³/mol. The molecule has 5 heteroatoms. The van der Waals surface area contributed by atoms with Gasteiger partial charge >= 0.3 is 5.97 Å². The molecular formula is C14H27NO4. The van der Waals surface area contributed by atoms with Crippen molar-refractivity contribution < 1.29 is 19.1 Å². The smallest absolute Gasteiger partial charge is 0.310 e. The molecule has 0 bridgehead atoms. The molecule has 0 radical (unpaired) electrons. The van der Waals surface area contributed by atoms with Crippen LogP contribution in [0.15, 0.2) is 0 Å². The summed E-state index contributed by atoms with van der Waals surface area (Å²) in [7, 11) is 2.86. The highest BCUT2D eigenvalue weighted by Gasteiger charge is 2.20. The highest BCUT2D eigenvalue weighted by molar-refractivity contribution is 5.78. The maximum absolute atomic E-state index is 11.9. The van der Waals surface area contributed by atoms with Gasteiger partial charge < -0.3 is 14.4 Å². The van der Waals surface area contributed by atoms with Gasteiger partial charge in [0, 0.05) is 20.2 Å². The molecule has 1 unspecified atom stereocenters. The topological polar surface area (TPSA) is 55.8 Å². The lowest BCUT2D eigenvalue weighted by molar-refractivity contribution is -0.147. The minimum atomic E-state index is -0.308. The number of unbranched alkanes of at least 4 members (excludes halogenated alkanes) is 3. The number of hydrogen-bond acceptors (Lipinski definition) is 4. The summed E-state index contributed by atoms with van der Waals surface area (Å²) in [6.07, 6.45) is 4.38. The molecule has 0 heterocycles. The van der Waals surface area contributed by atoms with Gasteiger partial charge in [0.1, 0.15) is 6.61 Å². The van der Waals surface area contributed by atoms with Gasteiger partial charge in [0.15, 0.2) is 0 Å². The Morgan fingerprint density at radius 2 is 1.84 bits per heavy atom. The molecular weight excluding hydrogens is 246 g/mol. The third-order valence-electron chi connectivity index (χ3n) is 3.00. The Morgan fingerprint density at radius 3 is 2.37 bits per heavy atom. The third kappa shape index (κ3) is 7.82. The summed E-state index contributed by atoms with van der Waals surface area (Å²) in [4.78, 5) is 25.0. The predicted octanol–water partition coefficient (Wildman–Crippen LogP) is 1.85. The molecule has 0 aromatic rings. The number of amides is 1. The van der Waals surface area contributed by atoms with Gasteiger partial charge in [0.2, 0.25) is 5.91 Å². The zero-order valence-electron chi connectivity index (χ0n) is 12.6. The first kappa shape index (κ1) is 17.9. The van der Waals surface area contributed by atoms with Gasteiger partial charge in [0.25, 0.3) is 0 Å². The molecule has 5 nitrogen and oxygen atoms in total. The molecule has 0 aliphatic heterocycles. The number of hydrogen-bond donors (Lipinski definition) is 0. The summed E-state index contributed by atoms with van der Waals surface area (Å²) < 4.78 is 9.56. The van der Waals surface area contributed by atoms with Crippen LogP contribution < -0.4 is 0 Å². The molecule has 0 rings (SSSR count). The molecule has 112 valence electrons. The van der Waals surface area contributed by atoms with Gasteiger partial charge in [-0.15, -0.1) is 0 Å². The molecule has 0 aliphatic carbocycles. The van der Waals surface area contributed by atoms with Gasteiger partial charge in [-0.1, -0.05) is 33.1 Å². The fourth-order valence-corrected chi connectivity index (χ4v) is 1.87. The van der Waals surface area contributed by atoms with Crippen LogP contribution in [0.5, 0.6) is 0 Å². The van der Waals surface area contributed by atoms with E-state index in [2.05, 4.69) is 11.7 Å². The van der Waals surface area contributed by atoms with Crippen molar-refractivity contribution in [2.45, 2.75) is 39.5 Å². The minimum Gasteiger partial charge on any atom is -0.469 e. The largest absolute Gasteiger partial charge is 0.469 e. The monoisotopic (exact) mass is 273 g/mol. The van der Waals surface area contributed by atoms with Gasteiger partial charge in [-0.2, -0.15) is 0 Å². The number of nitrogens with zero attached hydrogens (tertiary/aromatic N) is 1. The van der Waals surface area contributed by atoms with Gasteiger partial charge in [-0.3, -0.25) is 9.59 Å². The molecule has 19 heavy (non-hydrogen) atoms. The zero-order valence-corrected chi connectivity index (χ0v) is 12.6. The lowest BCUT2D eigenvalue weighted by Gasteiger charge is -2.24. The summed E-state index contributed by atoms with van der Waals surface area (Å²) in [6, 6.07) is 0. The summed E-state index contributed by atoms with van der Waals surface area (Å²) in [5, 5.41) is 0. The highest BCUT2D eigenvalue weighted by Crippen LogP contribution is 2.07. The number of ether oxygens (including phenoxy) is 2. The van der Waals surface area contributed by atoms with Crippen LogP contribution in [0.3, 0.4) is 0 Å². The van der Waals surface area contributed by atoms with Crippen molar-refractivity contribution in [2.24, 2.45) is 5.92 Å². The number of methoxy groups -OCH3 is 2. The van der Waals surface area contributed by atoms with Crippen molar-refractivity contribution in [3.05, 3.63) is 0 Å². The Morgan fingerprint density at radius 1 is 1.16 bits per heavy atom. The van der Waals surface area contributed by atoms with Crippen molar-refractivity contribution in [1.82, 2.24) is 4.90 Å². The fraction of sp³-hybridized carbons (Fsp3) is 0.857. The molecule has 1 atom stereocenters. The van der Waals surface area contributed by atoms with Crippen LogP contribution in [0.25, 0.3) is 0 Å². The van der Waals surface area contributed by atoms with E-state index < -0.39 is 0 Å². The van der Waals surface area contributed by atoms with E-state index in [0.29, 0.717) is 13.1 Å². The molecule has 1 amide bonds. The molecule has 0 aromatic carbocycles. The maximum Gasteiger partial charge on any atom is 0.310 e. The summed E-state index contributed by atoms with van der Waals surface area (Å²) in [5.74, 6) is -0.671. The Kier molecular flexibility index (Phi) is 10.2. The number of rotatable bonds is 10. The zero-order chi connectivity index (χ0) is 14.7. The van der Waals surface area contributed by atoms with E-state index in [9.17, 15) is 9.59 Å². The first-order valence-corrected chi connectivity index (χ1v) is 6.91. The van der Waals surface area contributed by atoms with Crippen molar-refractivity contribution in [2.75, 3.05) is 33.9 Å². The Hall–Kier alpha value is -1.10. The van der Waals surface area contributed by atoms with Crippen molar-refractivity contribution >= 4 is 11.9 Å². The van der Waals surface area contributed by atoms with Crippen LogP contribution in [0.2, 0.25) is 0 Å². The SMILES string of the molecule is CCCCCCN(CC(C)C(=O)OC)C(=O)COC. The molecule has 0 saturated heterocycles. The first-order chi connectivity index (χ1) is 9.06. The lowest BCUT2D eigenvalue weighted by atomic mass is 10.1. The van der Waals surface area contributed by atoms with Crippen LogP contribution in [-0.4, -0.2) is 50.7 Å². The van der Waals surface area contributed by atoms with Crippen LogP contribution in [0, 0.1) is 5.92 Å². The molecule has 0 saturated carbocycles. The second-order valence-corrected chi connectivity index (χ2v) is 4.76. The van der Waals surface area contributed by atoms with Crippen LogP contribution in [0.4, 0.5) is 0 Å². The van der Waals surface area contributed by atoms with Gasteiger partial charge in [-0.05, 0) is 6.42 Å². The molecule has 0 fully saturated rings. The molecule has 0 aliphatic rings.